The van der Waals surface area contributed by atoms with Crippen molar-refractivity contribution >= 4 is 22.4 Å². The number of rotatable bonds is 3. The van der Waals surface area contributed by atoms with E-state index < -0.39 is 10.0 Å². The Labute approximate surface area is 107 Å². The second-order valence-corrected chi connectivity index (χ2v) is 5.35. The molecule has 0 aliphatic carbocycles. The summed E-state index contributed by atoms with van der Waals surface area (Å²) >= 11 is 0. The van der Waals surface area contributed by atoms with Crippen LogP contribution in [-0.4, -0.2) is 37.5 Å². The van der Waals surface area contributed by atoms with Crippen LogP contribution in [0.25, 0.3) is 0 Å². The molecule has 0 saturated carbocycles. The van der Waals surface area contributed by atoms with Crippen LogP contribution in [0.1, 0.15) is 12.8 Å². The van der Waals surface area contributed by atoms with E-state index >= 15 is 0 Å². The predicted molar refractivity (Wildman–Crippen MR) is 65.5 cm³/mol. The zero-order valence-electron chi connectivity index (χ0n) is 9.17. The van der Waals surface area contributed by atoms with Crippen molar-refractivity contribution in [3.8, 4) is 0 Å². The molecular formula is C9H15ClN4O2S. The fourth-order valence-electron chi connectivity index (χ4n) is 1.64. The van der Waals surface area contributed by atoms with E-state index in [1.54, 1.807) is 0 Å². The molecular weight excluding hydrogens is 264 g/mol. The van der Waals surface area contributed by atoms with Crippen molar-refractivity contribution in [2.24, 2.45) is 0 Å². The van der Waals surface area contributed by atoms with Crippen molar-refractivity contribution in [2.45, 2.75) is 23.9 Å². The maximum Gasteiger partial charge on any atom is 0.259 e. The minimum atomic E-state index is -3.51. The molecule has 0 radical (unpaired) electrons. The van der Waals surface area contributed by atoms with Gasteiger partial charge in [0.25, 0.3) is 10.0 Å². The van der Waals surface area contributed by atoms with Crippen molar-refractivity contribution in [3.63, 3.8) is 0 Å². The van der Waals surface area contributed by atoms with Crippen molar-refractivity contribution in [1.29, 1.82) is 0 Å². The summed E-state index contributed by atoms with van der Waals surface area (Å²) < 4.78 is 26.4. The first-order chi connectivity index (χ1) is 7.68. The maximum absolute atomic E-state index is 11.9. The van der Waals surface area contributed by atoms with E-state index in [2.05, 4.69) is 20.0 Å². The highest BCUT2D eigenvalue weighted by molar-refractivity contribution is 7.89. The number of piperidine rings is 1. The van der Waals surface area contributed by atoms with Gasteiger partial charge < -0.3 is 5.32 Å². The molecule has 1 aliphatic heterocycles. The third-order valence-electron chi connectivity index (χ3n) is 2.48. The summed E-state index contributed by atoms with van der Waals surface area (Å²) in [6.07, 6.45) is 5.68. The van der Waals surface area contributed by atoms with Gasteiger partial charge in [-0.1, -0.05) is 0 Å². The summed E-state index contributed by atoms with van der Waals surface area (Å²) in [6.45, 7) is 1.68. The van der Waals surface area contributed by atoms with Crippen LogP contribution in [0.2, 0.25) is 0 Å². The second-order valence-electron chi connectivity index (χ2n) is 3.69. The Morgan fingerprint density at radius 2 is 2.00 bits per heavy atom. The number of hydrogen-bond acceptors (Lipinski definition) is 5. The molecule has 0 unspecified atom stereocenters. The van der Waals surface area contributed by atoms with Crippen molar-refractivity contribution in [3.05, 3.63) is 18.6 Å². The molecule has 6 nitrogen and oxygen atoms in total. The van der Waals surface area contributed by atoms with Crippen LogP contribution in [0.4, 0.5) is 0 Å². The molecule has 1 fully saturated rings. The molecule has 96 valence electrons. The summed E-state index contributed by atoms with van der Waals surface area (Å²) in [5, 5.41) is 3.16. The molecule has 0 spiro atoms. The summed E-state index contributed by atoms with van der Waals surface area (Å²) in [5.74, 6) is 0. The Bertz CT molecular complexity index is 434. The Hall–Kier alpha value is -0.760. The van der Waals surface area contributed by atoms with Crippen LogP contribution < -0.4 is 10.0 Å². The van der Waals surface area contributed by atoms with Crippen LogP contribution in [0.3, 0.4) is 0 Å². The average Bonchev–Trinajstić information content (AvgIpc) is 2.31. The summed E-state index contributed by atoms with van der Waals surface area (Å²) in [4.78, 5) is 7.54. The van der Waals surface area contributed by atoms with Gasteiger partial charge in [0.2, 0.25) is 0 Å². The zero-order chi connectivity index (χ0) is 11.4. The van der Waals surface area contributed by atoms with Gasteiger partial charge in [0.15, 0.2) is 5.03 Å². The lowest BCUT2D eigenvalue weighted by molar-refractivity contribution is 0.426. The van der Waals surface area contributed by atoms with Gasteiger partial charge in [-0.2, -0.15) is 0 Å². The summed E-state index contributed by atoms with van der Waals surface area (Å²) in [6, 6.07) is -0.00624. The van der Waals surface area contributed by atoms with E-state index in [1.807, 2.05) is 0 Å². The predicted octanol–water partition coefficient (Wildman–Crippen LogP) is -0.0713. The highest BCUT2D eigenvalue weighted by Gasteiger charge is 2.22. The highest BCUT2D eigenvalue weighted by atomic mass is 35.5. The largest absolute Gasteiger partial charge is 0.317 e. The summed E-state index contributed by atoms with van der Waals surface area (Å²) in [5.41, 5.74) is 0. The third kappa shape index (κ3) is 3.88. The number of aromatic nitrogens is 2. The van der Waals surface area contributed by atoms with Crippen molar-refractivity contribution < 1.29 is 8.42 Å². The fraction of sp³-hybridized carbons (Fsp3) is 0.556. The quantitative estimate of drug-likeness (QED) is 0.809. The standard InChI is InChI=1S/C9H14N4O2S.ClH/c14-16(15,9-7-11-5-6-12-9)13-8-1-3-10-4-2-8;/h5-8,10,13H,1-4H2;1H. The second kappa shape index (κ2) is 6.25. The average molecular weight is 279 g/mol. The Kier molecular flexibility index (Phi) is 5.26. The van der Waals surface area contributed by atoms with Crippen molar-refractivity contribution in [2.75, 3.05) is 13.1 Å². The van der Waals surface area contributed by atoms with Gasteiger partial charge in [0, 0.05) is 18.4 Å². The highest BCUT2D eigenvalue weighted by Crippen LogP contribution is 2.08. The number of sulfonamides is 1. The Morgan fingerprint density at radius 1 is 1.29 bits per heavy atom. The first kappa shape index (κ1) is 14.3. The van der Waals surface area contributed by atoms with E-state index in [9.17, 15) is 8.42 Å². The minimum Gasteiger partial charge on any atom is -0.317 e. The lowest BCUT2D eigenvalue weighted by Crippen LogP contribution is -2.42. The van der Waals surface area contributed by atoms with Gasteiger partial charge in [-0.05, 0) is 25.9 Å². The summed E-state index contributed by atoms with van der Waals surface area (Å²) in [7, 11) is -3.51. The Morgan fingerprint density at radius 3 is 2.59 bits per heavy atom. The van der Waals surface area contributed by atoms with Gasteiger partial charge in [-0.3, -0.25) is 4.98 Å². The molecule has 1 aromatic heterocycles. The molecule has 0 aromatic carbocycles. The van der Waals surface area contributed by atoms with Crippen molar-refractivity contribution in [1.82, 2.24) is 20.0 Å². The molecule has 0 atom stereocenters. The van der Waals surface area contributed by atoms with Crippen LogP contribution >= 0.6 is 12.4 Å². The number of nitrogens with one attached hydrogen (secondary N) is 2. The van der Waals surface area contributed by atoms with E-state index in [0.717, 1.165) is 25.9 Å². The van der Waals surface area contributed by atoms with Gasteiger partial charge in [-0.15, -0.1) is 12.4 Å². The zero-order valence-corrected chi connectivity index (χ0v) is 10.8. The molecule has 2 N–H and O–H groups in total. The van der Waals surface area contributed by atoms with E-state index in [4.69, 9.17) is 0 Å². The fourth-order valence-corrected chi connectivity index (χ4v) is 2.84. The monoisotopic (exact) mass is 278 g/mol. The van der Waals surface area contributed by atoms with Crippen LogP contribution in [0.5, 0.6) is 0 Å². The van der Waals surface area contributed by atoms with Gasteiger partial charge in [0.1, 0.15) is 0 Å². The number of halogens is 1. The van der Waals surface area contributed by atoms with Crippen LogP contribution in [0, 0.1) is 0 Å². The van der Waals surface area contributed by atoms with E-state index in [0.29, 0.717) is 0 Å². The molecule has 8 heteroatoms. The van der Waals surface area contributed by atoms with Gasteiger partial charge in [-0.25, -0.2) is 18.1 Å². The van der Waals surface area contributed by atoms with Crippen LogP contribution in [-0.2, 0) is 10.0 Å². The minimum absolute atomic E-state index is 0. The normalized spacial score (nSPS) is 17.4. The Balaban J connectivity index is 0.00000144. The maximum atomic E-state index is 11.9. The SMILES string of the molecule is Cl.O=S(=O)(NC1CCNCC1)c1cnccn1. The van der Waals surface area contributed by atoms with Crippen LogP contribution in [0.15, 0.2) is 23.6 Å². The van der Waals surface area contributed by atoms with Gasteiger partial charge in [0.05, 0.1) is 6.20 Å². The molecule has 1 aromatic rings. The molecule has 1 aliphatic rings. The smallest absolute Gasteiger partial charge is 0.259 e. The molecule has 17 heavy (non-hydrogen) atoms. The number of hydrogen-bond donors (Lipinski definition) is 2. The van der Waals surface area contributed by atoms with E-state index in [-0.39, 0.29) is 23.5 Å². The molecule has 1 saturated heterocycles. The van der Waals surface area contributed by atoms with E-state index in [1.165, 1.54) is 18.6 Å². The third-order valence-corrected chi connectivity index (χ3v) is 3.88. The molecule has 0 bridgehead atoms. The topological polar surface area (TPSA) is 84.0 Å². The first-order valence-corrected chi connectivity index (χ1v) is 6.66. The molecule has 2 heterocycles. The molecule has 0 amide bonds. The van der Waals surface area contributed by atoms with Gasteiger partial charge >= 0.3 is 0 Å². The lowest BCUT2D eigenvalue weighted by Gasteiger charge is -2.23. The molecule has 2 rings (SSSR count). The number of nitrogens with zero attached hydrogens (tertiary/aromatic N) is 2. The lowest BCUT2D eigenvalue weighted by atomic mass is 10.1. The first-order valence-electron chi connectivity index (χ1n) is 5.17.